The Morgan fingerprint density at radius 3 is 2.73 bits per heavy atom. The third-order valence-corrected chi connectivity index (χ3v) is 3.20. The lowest BCUT2D eigenvalue weighted by Gasteiger charge is -2.08. The molecule has 1 aromatic carbocycles. The Hall–Kier alpha value is -0.0500. The molecule has 0 unspecified atom stereocenters. The molecule has 0 aliphatic heterocycles. The SMILES string of the molecule is CC(C)CCNCc1ccc(Cl)cc1Br. The van der Waals surface area contributed by atoms with Crippen LogP contribution in [0.25, 0.3) is 0 Å². The maximum absolute atomic E-state index is 5.87. The van der Waals surface area contributed by atoms with Crippen LogP contribution >= 0.6 is 27.5 Å². The van der Waals surface area contributed by atoms with Gasteiger partial charge in [0.25, 0.3) is 0 Å². The molecule has 0 radical (unpaired) electrons. The first kappa shape index (κ1) is 13.0. The fourth-order valence-corrected chi connectivity index (χ4v) is 2.10. The highest BCUT2D eigenvalue weighted by atomic mass is 79.9. The van der Waals surface area contributed by atoms with Crippen LogP contribution in [0, 0.1) is 5.92 Å². The molecule has 0 saturated carbocycles. The molecule has 0 saturated heterocycles. The summed E-state index contributed by atoms with van der Waals surface area (Å²) in [5.41, 5.74) is 1.25. The lowest BCUT2D eigenvalue weighted by atomic mass is 10.1. The zero-order chi connectivity index (χ0) is 11.3. The second-order valence-corrected chi connectivity index (χ2v) is 5.39. The number of hydrogen-bond acceptors (Lipinski definition) is 1. The van der Waals surface area contributed by atoms with Gasteiger partial charge in [0.1, 0.15) is 0 Å². The maximum Gasteiger partial charge on any atom is 0.0417 e. The van der Waals surface area contributed by atoms with Crippen molar-refractivity contribution in [2.75, 3.05) is 6.54 Å². The lowest BCUT2D eigenvalue weighted by molar-refractivity contribution is 0.537. The Bertz CT molecular complexity index is 312. The largest absolute Gasteiger partial charge is 0.313 e. The Morgan fingerprint density at radius 2 is 2.13 bits per heavy atom. The van der Waals surface area contributed by atoms with Gasteiger partial charge in [-0.2, -0.15) is 0 Å². The summed E-state index contributed by atoms with van der Waals surface area (Å²) >= 11 is 9.37. The van der Waals surface area contributed by atoms with Crippen LogP contribution < -0.4 is 5.32 Å². The smallest absolute Gasteiger partial charge is 0.0417 e. The molecule has 3 heteroatoms. The van der Waals surface area contributed by atoms with Crippen molar-refractivity contribution in [3.05, 3.63) is 33.3 Å². The summed E-state index contributed by atoms with van der Waals surface area (Å²) in [7, 11) is 0. The number of nitrogens with one attached hydrogen (secondary N) is 1. The second-order valence-electron chi connectivity index (χ2n) is 4.10. The molecule has 0 aromatic heterocycles. The van der Waals surface area contributed by atoms with Crippen LogP contribution in [0.2, 0.25) is 5.02 Å². The van der Waals surface area contributed by atoms with Crippen molar-refractivity contribution >= 4 is 27.5 Å². The van der Waals surface area contributed by atoms with Gasteiger partial charge in [-0.05, 0) is 36.6 Å². The van der Waals surface area contributed by atoms with E-state index in [0.717, 1.165) is 28.5 Å². The van der Waals surface area contributed by atoms with Gasteiger partial charge < -0.3 is 5.32 Å². The summed E-state index contributed by atoms with van der Waals surface area (Å²) in [6, 6.07) is 5.90. The molecule has 84 valence electrons. The average Bonchev–Trinajstić information content (AvgIpc) is 2.14. The monoisotopic (exact) mass is 289 g/mol. The van der Waals surface area contributed by atoms with Crippen molar-refractivity contribution in [3.8, 4) is 0 Å². The first-order chi connectivity index (χ1) is 7.09. The minimum absolute atomic E-state index is 0.756. The highest BCUT2D eigenvalue weighted by Gasteiger charge is 2.00. The zero-order valence-electron chi connectivity index (χ0n) is 9.19. The topological polar surface area (TPSA) is 12.0 Å². The molecule has 0 spiro atoms. The molecular weight excluding hydrogens is 273 g/mol. The third kappa shape index (κ3) is 5.01. The molecule has 0 aliphatic rings. The first-order valence-corrected chi connectivity index (χ1v) is 6.41. The Morgan fingerprint density at radius 1 is 1.40 bits per heavy atom. The summed E-state index contributed by atoms with van der Waals surface area (Å²) in [4.78, 5) is 0. The fraction of sp³-hybridized carbons (Fsp3) is 0.500. The van der Waals surface area contributed by atoms with Gasteiger partial charge in [0.05, 0.1) is 0 Å². The molecule has 0 heterocycles. The summed E-state index contributed by atoms with van der Waals surface area (Å²) in [5.74, 6) is 0.756. The lowest BCUT2D eigenvalue weighted by Crippen LogP contribution is -2.16. The zero-order valence-corrected chi connectivity index (χ0v) is 11.5. The predicted molar refractivity (Wildman–Crippen MR) is 70.3 cm³/mol. The standard InChI is InChI=1S/C12H17BrClN/c1-9(2)5-6-15-8-10-3-4-11(14)7-12(10)13/h3-4,7,9,15H,5-6,8H2,1-2H3. The molecule has 0 bridgehead atoms. The Balaban J connectivity index is 2.37. The van der Waals surface area contributed by atoms with E-state index >= 15 is 0 Å². The quantitative estimate of drug-likeness (QED) is 0.800. The normalized spacial score (nSPS) is 11.0. The van der Waals surface area contributed by atoms with Crippen LogP contribution in [0.5, 0.6) is 0 Å². The number of halogens is 2. The van der Waals surface area contributed by atoms with Crippen LogP contribution in [0.1, 0.15) is 25.8 Å². The van der Waals surface area contributed by atoms with E-state index in [4.69, 9.17) is 11.6 Å². The van der Waals surface area contributed by atoms with Gasteiger partial charge in [-0.15, -0.1) is 0 Å². The third-order valence-electron chi connectivity index (χ3n) is 2.23. The maximum atomic E-state index is 5.87. The van der Waals surface area contributed by atoms with Gasteiger partial charge in [0.15, 0.2) is 0 Å². The minimum atomic E-state index is 0.756. The summed E-state index contributed by atoms with van der Waals surface area (Å²) in [6.07, 6.45) is 1.21. The van der Waals surface area contributed by atoms with E-state index in [1.807, 2.05) is 12.1 Å². The van der Waals surface area contributed by atoms with Gasteiger partial charge in [-0.3, -0.25) is 0 Å². The van der Waals surface area contributed by atoms with Crippen molar-refractivity contribution in [3.63, 3.8) is 0 Å². The molecule has 15 heavy (non-hydrogen) atoms. The highest BCUT2D eigenvalue weighted by Crippen LogP contribution is 2.21. The number of benzene rings is 1. The van der Waals surface area contributed by atoms with Crippen LogP contribution in [-0.2, 0) is 6.54 Å². The Kier molecular flexibility index (Phi) is 5.65. The van der Waals surface area contributed by atoms with Crippen molar-refractivity contribution in [2.45, 2.75) is 26.8 Å². The van der Waals surface area contributed by atoms with Gasteiger partial charge in [-0.25, -0.2) is 0 Å². The van der Waals surface area contributed by atoms with Crippen molar-refractivity contribution in [2.24, 2.45) is 5.92 Å². The summed E-state index contributed by atoms with van der Waals surface area (Å²) < 4.78 is 1.08. The van der Waals surface area contributed by atoms with Gasteiger partial charge >= 0.3 is 0 Å². The van der Waals surface area contributed by atoms with E-state index in [0.29, 0.717) is 0 Å². The molecule has 1 nitrogen and oxygen atoms in total. The molecule has 1 N–H and O–H groups in total. The van der Waals surface area contributed by atoms with Crippen molar-refractivity contribution in [1.82, 2.24) is 5.32 Å². The van der Waals surface area contributed by atoms with Gasteiger partial charge in [0, 0.05) is 16.0 Å². The second kappa shape index (κ2) is 6.51. The van der Waals surface area contributed by atoms with Crippen LogP contribution in [0.3, 0.4) is 0 Å². The van der Waals surface area contributed by atoms with E-state index in [2.05, 4.69) is 41.2 Å². The highest BCUT2D eigenvalue weighted by molar-refractivity contribution is 9.10. The molecule has 0 fully saturated rings. The summed E-state index contributed by atoms with van der Waals surface area (Å²) in [6.45, 7) is 6.43. The molecule has 0 atom stereocenters. The minimum Gasteiger partial charge on any atom is -0.313 e. The number of rotatable bonds is 5. The van der Waals surface area contributed by atoms with E-state index < -0.39 is 0 Å². The van der Waals surface area contributed by atoms with Crippen molar-refractivity contribution in [1.29, 1.82) is 0 Å². The Labute approximate surface area is 105 Å². The molecular formula is C12H17BrClN. The van der Waals surface area contributed by atoms with E-state index in [-0.39, 0.29) is 0 Å². The van der Waals surface area contributed by atoms with E-state index in [1.165, 1.54) is 12.0 Å². The summed E-state index contributed by atoms with van der Waals surface area (Å²) in [5, 5.41) is 4.19. The molecule has 0 aliphatic carbocycles. The van der Waals surface area contributed by atoms with Crippen LogP contribution in [0.15, 0.2) is 22.7 Å². The van der Waals surface area contributed by atoms with Crippen LogP contribution in [-0.4, -0.2) is 6.54 Å². The van der Waals surface area contributed by atoms with E-state index in [1.54, 1.807) is 0 Å². The van der Waals surface area contributed by atoms with Crippen molar-refractivity contribution < 1.29 is 0 Å². The van der Waals surface area contributed by atoms with Crippen LogP contribution in [0.4, 0.5) is 0 Å². The average molecular weight is 291 g/mol. The molecule has 1 aromatic rings. The predicted octanol–water partition coefficient (Wildman–Crippen LogP) is 4.24. The molecule has 0 amide bonds. The number of hydrogen-bond donors (Lipinski definition) is 1. The molecule has 1 rings (SSSR count). The first-order valence-electron chi connectivity index (χ1n) is 5.24. The van der Waals surface area contributed by atoms with Gasteiger partial charge in [0.2, 0.25) is 0 Å². The van der Waals surface area contributed by atoms with E-state index in [9.17, 15) is 0 Å². The van der Waals surface area contributed by atoms with Gasteiger partial charge in [-0.1, -0.05) is 47.4 Å². The fourth-order valence-electron chi connectivity index (χ4n) is 1.28.